The maximum atomic E-state index is 11.3. The van der Waals surface area contributed by atoms with E-state index >= 15 is 0 Å². The lowest BCUT2D eigenvalue weighted by atomic mass is 9.93. The van der Waals surface area contributed by atoms with Gasteiger partial charge in [-0.15, -0.1) is 0 Å². The normalized spacial score (nSPS) is 28.9. The minimum atomic E-state index is -0.146. The predicted molar refractivity (Wildman–Crippen MR) is 51.2 cm³/mol. The highest BCUT2D eigenvalue weighted by Gasteiger charge is 2.21. The van der Waals surface area contributed by atoms with E-state index in [1.54, 1.807) is 0 Å². The van der Waals surface area contributed by atoms with Crippen molar-refractivity contribution < 1.29 is 9.90 Å². The second kappa shape index (κ2) is 4.61. The molecule has 1 amide bonds. The van der Waals surface area contributed by atoms with Gasteiger partial charge in [0.25, 0.3) is 0 Å². The van der Waals surface area contributed by atoms with Gasteiger partial charge in [-0.25, -0.2) is 0 Å². The van der Waals surface area contributed by atoms with E-state index in [2.05, 4.69) is 5.32 Å². The number of aliphatic hydroxyl groups is 1. The number of carbonyl (C=O) groups is 1. The molecule has 1 fully saturated rings. The Hall–Kier alpha value is -0.570. The zero-order valence-electron chi connectivity index (χ0n) is 8.42. The Morgan fingerprint density at radius 1 is 1.31 bits per heavy atom. The molecular formula is C10H19NO2. The zero-order chi connectivity index (χ0) is 9.84. The lowest BCUT2D eigenvalue weighted by Crippen LogP contribution is -2.40. The third-order valence-corrected chi connectivity index (χ3v) is 2.57. The predicted octanol–water partition coefficient (Wildman–Crippen LogP) is 1.06. The summed E-state index contributed by atoms with van der Waals surface area (Å²) in [4.78, 5) is 11.3. The molecule has 13 heavy (non-hydrogen) atoms. The Morgan fingerprint density at radius 3 is 2.31 bits per heavy atom. The lowest BCUT2D eigenvalue weighted by Gasteiger charge is -2.26. The number of aliphatic hydroxyl groups excluding tert-OH is 1. The molecule has 1 rings (SSSR count). The van der Waals surface area contributed by atoms with Crippen LogP contribution in [0.4, 0.5) is 0 Å². The Morgan fingerprint density at radius 2 is 1.85 bits per heavy atom. The molecule has 0 aromatic rings. The van der Waals surface area contributed by atoms with Crippen molar-refractivity contribution in [3.05, 3.63) is 0 Å². The second-order valence-corrected chi connectivity index (χ2v) is 4.17. The number of nitrogens with one attached hydrogen (secondary N) is 1. The summed E-state index contributed by atoms with van der Waals surface area (Å²) in [5, 5.41) is 12.2. The average Bonchev–Trinajstić information content (AvgIpc) is 2.08. The van der Waals surface area contributed by atoms with E-state index in [4.69, 9.17) is 0 Å². The van der Waals surface area contributed by atoms with Crippen molar-refractivity contribution in [3.63, 3.8) is 0 Å². The molecule has 76 valence electrons. The third-order valence-electron chi connectivity index (χ3n) is 2.57. The van der Waals surface area contributed by atoms with Gasteiger partial charge in [-0.1, -0.05) is 13.8 Å². The fourth-order valence-electron chi connectivity index (χ4n) is 1.59. The summed E-state index contributed by atoms with van der Waals surface area (Å²) in [5.74, 6) is 0.188. The zero-order valence-corrected chi connectivity index (χ0v) is 8.42. The Kier molecular flexibility index (Phi) is 3.72. The van der Waals surface area contributed by atoms with Gasteiger partial charge in [-0.05, 0) is 25.7 Å². The van der Waals surface area contributed by atoms with Gasteiger partial charge in [0, 0.05) is 12.0 Å². The lowest BCUT2D eigenvalue weighted by molar-refractivity contribution is -0.125. The first kappa shape index (κ1) is 10.5. The highest BCUT2D eigenvalue weighted by atomic mass is 16.3. The molecule has 2 N–H and O–H groups in total. The van der Waals surface area contributed by atoms with Gasteiger partial charge < -0.3 is 10.4 Å². The van der Waals surface area contributed by atoms with E-state index in [9.17, 15) is 9.90 Å². The first-order valence-corrected chi connectivity index (χ1v) is 5.08. The van der Waals surface area contributed by atoms with E-state index in [1.807, 2.05) is 13.8 Å². The summed E-state index contributed by atoms with van der Waals surface area (Å²) >= 11 is 0. The van der Waals surface area contributed by atoms with E-state index in [0.29, 0.717) is 6.04 Å². The monoisotopic (exact) mass is 185 g/mol. The van der Waals surface area contributed by atoms with E-state index in [1.165, 1.54) is 0 Å². The molecule has 0 unspecified atom stereocenters. The molecule has 3 nitrogen and oxygen atoms in total. The van der Waals surface area contributed by atoms with E-state index < -0.39 is 0 Å². The third kappa shape index (κ3) is 3.35. The summed E-state index contributed by atoms with van der Waals surface area (Å²) in [7, 11) is 0. The molecule has 0 aromatic heterocycles. The Labute approximate surface area is 79.5 Å². The smallest absolute Gasteiger partial charge is 0.222 e. The van der Waals surface area contributed by atoms with Crippen LogP contribution >= 0.6 is 0 Å². The van der Waals surface area contributed by atoms with Crippen molar-refractivity contribution in [2.75, 3.05) is 0 Å². The topological polar surface area (TPSA) is 49.3 Å². The molecule has 3 heteroatoms. The highest BCUT2D eigenvalue weighted by molar-refractivity contribution is 5.78. The SMILES string of the molecule is CC(C)C(=O)N[C@H]1CC[C@H](O)CC1. The molecule has 0 radical (unpaired) electrons. The van der Waals surface area contributed by atoms with Gasteiger partial charge >= 0.3 is 0 Å². The van der Waals surface area contributed by atoms with Crippen LogP contribution in [0.3, 0.4) is 0 Å². The minimum absolute atomic E-state index is 0.0619. The van der Waals surface area contributed by atoms with Gasteiger partial charge in [0.2, 0.25) is 5.91 Å². The van der Waals surface area contributed by atoms with Crippen molar-refractivity contribution in [1.82, 2.24) is 5.32 Å². The van der Waals surface area contributed by atoms with Crippen molar-refractivity contribution in [2.24, 2.45) is 5.92 Å². The van der Waals surface area contributed by atoms with Crippen molar-refractivity contribution in [2.45, 2.75) is 51.7 Å². The molecular weight excluding hydrogens is 166 g/mol. The molecule has 1 saturated carbocycles. The maximum absolute atomic E-state index is 11.3. The molecule has 0 heterocycles. The van der Waals surface area contributed by atoms with Gasteiger partial charge in [-0.3, -0.25) is 4.79 Å². The number of hydrogen-bond donors (Lipinski definition) is 2. The molecule has 0 bridgehead atoms. The van der Waals surface area contributed by atoms with Crippen LogP contribution in [0.15, 0.2) is 0 Å². The summed E-state index contributed by atoms with van der Waals surface area (Å²) in [6, 6.07) is 0.290. The minimum Gasteiger partial charge on any atom is -0.393 e. The molecule has 1 aliphatic carbocycles. The molecule has 0 aliphatic heterocycles. The van der Waals surface area contributed by atoms with Gasteiger partial charge in [0.1, 0.15) is 0 Å². The molecule has 0 atom stereocenters. The summed E-state index contributed by atoms with van der Waals surface area (Å²) in [6.45, 7) is 3.79. The van der Waals surface area contributed by atoms with E-state index in [0.717, 1.165) is 25.7 Å². The standard InChI is InChI=1S/C10H19NO2/c1-7(2)10(13)11-8-3-5-9(12)6-4-8/h7-9,12H,3-6H2,1-2H3,(H,11,13)/t8-,9-. The number of hydrogen-bond acceptors (Lipinski definition) is 2. The Balaban J connectivity index is 2.26. The summed E-state index contributed by atoms with van der Waals surface area (Å²) < 4.78 is 0. The van der Waals surface area contributed by atoms with Crippen LogP contribution in [-0.2, 0) is 4.79 Å². The first-order chi connectivity index (χ1) is 6.09. The van der Waals surface area contributed by atoms with Gasteiger partial charge in [0.15, 0.2) is 0 Å². The number of carbonyl (C=O) groups excluding carboxylic acids is 1. The maximum Gasteiger partial charge on any atom is 0.222 e. The number of amides is 1. The van der Waals surface area contributed by atoms with Crippen molar-refractivity contribution in [1.29, 1.82) is 0 Å². The second-order valence-electron chi connectivity index (χ2n) is 4.17. The van der Waals surface area contributed by atoms with Crippen molar-refractivity contribution >= 4 is 5.91 Å². The first-order valence-electron chi connectivity index (χ1n) is 5.08. The largest absolute Gasteiger partial charge is 0.393 e. The van der Waals surface area contributed by atoms with Crippen LogP contribution in [0, 0.1) is 5.92 Å². The summed E-state index contributed by atoms with van der Waals surface area (Å²) in [5.41, 5.74) is 0. The van der Waals surface area contributed by atoms with Crippen LogP contribution in [0.1, 0.15) is 39.5 Å². The summed E-state index contributed by atoms with van der Waals surface area (Å²) in [6.07, 6.45) is 3.33. The Bertz CT molecular complexity index is 172. The average molecular weight is 185 g/mol. The van der Waals surface area contributed by atoms with Crippen LogP contribution in [-0.4, -0.2) is 23.2 Å². The quantitative estimate of drug-likeness (QED) is 0.676. The van der Waals surface area contributed by atoms with Crippen LogP contribution in [0.25, 0.3) is 0 Å². The van der Waals surface area contributed by atoms with Gasteiger partial charge in [-0.2, -0.15) is 0 Å². The van der Waals surface area contributed by atoms with Gasteiger partial charge in [0.05, 0.1) is 6.10 Å². The van der Waals surface area contributed by atoms with Crippen LogP contribution in [0.5, 0.6) is 0 Å². The highest BCUT2D eigenvalue weighted by Crippen LogP contribution is 2.18. The van der Waals surface area contributed by atoms with Crippen LogP contribution < -0.4 is 5.32 Å². The molecule has 0 saturated heterocycles. The fraction of sp³-hybridized carbons (Fsp3) is 0.900. The fourth-order valence-corrected chi connectivity index (χ4v) is 1.59. The van der Waals surface area contributed by atoms with Crippen molar-refractivity contribution in [3.8, 4) is 0 Å². The van der Waals surface area contributed by atoms with E-state index in [-0.39, 0.29) is 17.9 Å². The number of rotatable bonds is 2. The molecule has 1 aliphatic rings. The molecule has 0 spiro atoms. The van der Waals surface area contributed by atoms with Crippen LogP contribution in [0.2, 0.25) is 0 Å². The molecule has 0 aromatic carbocycles.